The topological polar surface area (TPSA) is 55.4 Å². The molecule has 23 heavy (non-hydrogen) atoms. The van der Waals surface area contributed by atoms with Gasteiger partial charge >= 0.3 is 0 Å². The summed E-state index contributed by atoms with van der Waals surface area (Å²) in [5.74, 6) is 2.80. The fraction of sp³-hybridized carbons (Fsp3) is 0.222. The van der Waals surface area contributed by atoms with Crippen LogP contribution in [0.1, 0.15) is 23.4 Å². The van der Waals surface area contributed by atoms with E-state index in [0.29, 0.717) is 6.54 Å². The lowest BCUT2D eigenvalue weighted by Crippen LogP contribution is -2.09. The molecule has 3 aromatic heterocycles. The molecule has 0 radical (unpaired) electrons. The summed E-state index contributed by atoms with van der Waals surface area (Å²) in [4.78, 5) is 9.47. The fourth-order valence-electron chi connectivity index (χ4n) is 3.44. The molecule has 5 nitrogen and oxygen atoms in total. The quantitative estimate of drug-likeness (QED) is 0.628. The van der Waals surface area contributed by atoms with Crippen molar-refractivity contribution < 1.29 is 4.42 Å². The molecule has 0 saturated heterocycles. The second kappa shape index (κ2) is 4.84. The van der Waals surface area contributed by atoms with Crippen molar-refractivity contribution in [3.8, 4) is 0 Å². The van der Waals surface area contributed by atoms with Crippen molar-refractivity contribution in [3.05, 3.63) is 59.7 Å². The highest BCUT2D eigenvalue weighted by Crippen LogP contribution is 2.31. The molecule has 1 aliphatic carbocycles. The minimum Gasteiger partial charge on any atom is -0.467 e. The third-order valence-electron chi connectivity index (χ3n) is 4.49. The Morgan fingerprint density at radius 2 is 2.04 bits per heavy atom. The molecule has 0 aliphatic heterocycles. The highest BCUT2D eigenvalue weighted by Gasteiger charge is 2.22. The number of anilines is 1. The van der Waals surface area contributed by atoms with Gasteiger partial charge in [-0.1, -0.05) is 12.1 Å². The lowest BCUT2D eigenvalue weighted by molar-refractivity contribution is 0.517. The van der Waals surface area contributed by atoms with Crippen LogP contribution in [-0.4, -0.2) is 14.4 Å². The number of hydrogen-bond donors (Lipinski definition) is 1. The van der Waals surface area contributed by atoms with Gasteiger partial charge in [0.05, 0.1) is 29.5 Å². The molecule has 4 aromatic rings. The smallest absolute Gasteiger partial charge is 0.236 e. The predicted octanol–water partition coefficient (Wildman–Crippen LogP) is 3.58. The molecule has 5 heteroatoms. The van der Waals surface area contributed by atoms with Gasteiger partial charge in [-0.15, -0.1) is 0 Å². The molecule has 0 bridgehead atoms. The van der Waals surface area contributed by atoms with E-state index < -0.39 is 0 Å². The Morgan fingerprint density at radius 3 is 2.96 bits per heavy atom. The number of furan rings is 1. The molecule has 0 spiro atoms. The van der Waals surface area contributed by atoms with Crippen molar-refractivity contribution in [1.82, 2.24) is 14.4 Å². The van der Waals surface area contributed by atoms with E-state index in [9.17, 15) is 0 Å². The van der Waals surface area contributed by atoms with E-state index in [1.807, 2.05) is 30.3 Å². The van der Waals surface area contributed by atoms with Gasteiger partial charge in [0.15, 0.2) is 0 Å². The highest BCUT2D eigenvalue weighted by atomic mass is 16.3. The van der Waals surface area contributed by atoms with Gasteiger partial charge in [0, 0.05) is 5.56 Å². The normalized spacial score (nSPS) is 13.7. The highest BCUT2D eigenvalue weighted by molar-refractivity contribution is 5.82. The van der Waals surface area contributed by atoms with Crippen molar-refractivity contribution in [1.29, 1.82) is 0 Å². The van der Waals surface area contributed by atoms with E-state index in [1.165, 1.54) is 11.3 Å². The minimum atomic E-state index is 0.658. The maximum atomic E-state index is 5.45. The second-order valence-corrected chi connectivity index (χ2v) is 5.91. The molecule has 114 valence electrons. The molecule has 3 heterocycles. The minimum absolute atomic E-state index is 0.658. The molecular formula is C18H16N4O. The van der Waals surface area contributed by atoms with Gasteiger partial charge in [0.2, 0.25) is 5.78 Å². The Balaban J connectivity index is 1.73. The maximum absolute atomic E-state index is 5.45. The number of rotatable bonds is 3. The van der Waals surface area contributed by atoms with E-state index >= 15 is 0 Å². The number of fused-ring (bicyclic) bond motifs is 4. The summed E-state index contributed by atoms with van der Waals surface area (Å²) in [6.45, 7) is 0.658. The molecule has 0 fully saturated rings. The summed E-state index contributed by atoms with van der Waals surface area (Å²) in [6.07, 6.45) is 4.95. The number of imidazole rings is 1. The van der Waals surface area contributed by atoms with Crippen molar-refractivity contribution in [2.24, 2.45) is 0 Å². The molecule has 1 aliphatic rings. The van der Waals surface area contributed by atoms with Crippen LogP contribution >= 0.6 is 0 Å². The molecule has 0 unspecified atom stereocenters. The van der Waals surface area contributed by atoms with Gasteiger partial charge in [-0.25, -0.2) is 9.97 Å². The first kappa shape index (κ1) is 12.7. The monoisotopic (exact) mass is 304 g/mol. The molecule has 0 atom stereocenters. The summed E-state index contributed by atoms with van der Waals surface area (Å²) in [7, 11) is 0. The van der Waals surface area contributed by atoms with Crippen molar-refractivity contribution >= 4 is 22.6 Å². The molecule has 0 amide bonds. The van der Waals surface area contributed by atoms with Crippen LogP contribution in [0.15, 0.2) is 47.1 Å². The second-order valence-electron chi connectivity index (χ2n) is 5.91. The van der Waals surface area contributed by atoms with Gasteiger partial charge < -0.3 is 9.73 Å². The Hall–Kier alpha value is -2.82. The summed E-state index contributed by atoms with van der Waals surface area (Å²) >= 11 is 0. The van der Waals surface area contributed by atoms with Gasteiger partial charge in [0.1, 0.15) is 11.6 Å². The van der Waals surface area contributed by atoms with Crippen LogP contribution < -0.4 is 5.32 Å². The van der Waals surface area contributed by atoms with Gasteiger partial charge in [-0.3, -0.25) is 4.40 Å². The van der Waals surface area contributed by atoms with Crippen molar-refractivity contribution in [2.75, 3.05) is 5.32 Å². The van der Waals surface area contributed by atoms with E-state index in [0.717, 1.165) is 47.7 Å². The summed E-state index contributed by atoms with van der Waals surface area (Å²) in [5.41, 5.74) is 4.55. The SMILES string of the molecule is c1coc(CNc2c3c(nc4nc5ccccc5n24)CCC3)c1. The largest absolute Gasteiger partial charge is 0.467 e. The summed E-state index contributed by atoms with van der Waals surface area (Å²) in [5, 5.41) is 3.56. The van der Waals surface area contributed by atoms with Crippen LogP contribution in [0.2, 0.25) is 0 Å². The van der Waals surface area contributed by atoms with Crippen molar-refractivity contribution in [3.63, 3.8) is 0 Å². The zero-order valence-corrected chi connectivity index (χ0v) is 12.6. The van der Waals surface area contributed by atoms with Crippen LogP contribution in [0.3, 0.4) is 0 Å². The lowest BCUT2D eigenvalue weighted by atomic mass is 10.2. The van der Waals surface area contributed by atoms with E-state index in [1.54, 1.807) is 6.26 Å². The Labute approximate surface area is 133 Å². The number of para-hydroxylation sites is 2. The molecule has 5 rings (SSSR count). The Kier molecular flexibility index (Phi) is 2.67. The van der Waals surface area contributed by atoms with E-state index in [4.69, 9.17) is 9.40 Å². The number of nitrogens with zero attached hydrogens (tertiary/aromatic N) is 3. The number of benzene rings is 1. The molecule has 1 N–H and O–H groups in total. The fourth-order valence-corrected chi connectivity index (χ4v) is 3.44. The third-order valence-corrected chi connectivity index (χ3v) is 4.49. The average molecular weight is 304 g/mol. The first-order valence-electron chi connectivity index (χ1n) is 7.95. The summed E-state index contributed by atoms with van der Waals surface area (Å²) in [6, 6.07) is 12.1. The average Bonchev–Trinajstić information content (AvgIpc) is 3.30. The summed E-state index contributed by atoms with van der Waals surface area (Å²) < 4.78 is 7.59. The number of nitrogens with one attached hydrogen (secondary N) is 1. The first-order chi connectivity index (χ1) is 11.4. The van der Waals surface area contributed by atoms with Gasteiger partial charge in [-0.2, -0.15) is 0 Å². The third kappa shape index (κ3) is 1.93. The van der Waals surface area contributed by atoms with Gasteiger partial charge in [0.25, 0.3) is 0 Å². The van der Waals surface area contributed by atoms with Crippen LogP contribution in [0, 0.1) is 0 Å². The maximum Gasteiger partial charge on any atom is 0.236 e. The zero-order chi connectivity index (χ0) is 15.2. The number of aryl methyl sites for hydroxylation is 1. The number of hydrogen-bond acceptors (Lipinski definition) is 4. The van der Waals surface area contributed by atoms with Crippen LogP contribution in [-0.2, 0) is 19.4 Å². The lowest BCUT2D eigenvalue weighted by Gasteiger charge is -2.13. The van der Waals surface area contributed by atoms with Crippen molar-refractivity contribution in [2.45, 2.75) is 25.8 Å². The van der Waals surface area contributed by atoms with Gasteiger partial charge in [-0.05, 0) is 43.5 Å². The predicted molar refractivity (Wildman–Crippen MR) is 88.6 cm³/mol. The standard InChI is InChI=1S/C18H16N4O/c1-2-9-16-15(7-1)21-18-20-14-8-3-6-13(14)17(22(16)18)19-11-12-5-4-10-23-12/h1-2,4-5,7,9-10,19H,3,6,8,11H2. The van der Waals surface area contributed by atoms with Crippen LogP contribution in [0.5, 0.6) is 0 Å². The number of aromatic nitrogens is 3. The molecular weight excluding hydrogens is 288 g/mol. The molecule has 0 saturated carbocycles. The molecule has 1 aromatic carbocycles. The zero-order valence-electron chi connectivity index (χ0n) is 12.6. The van der Waals surface area contributed by atoms with E-state index in [-0.39, 0.29) is 0 Å². The van der Waals surface area contributed by atoms with E-state index in [2.05, 4.69) is 20.8 Å². The first-order valence-corrected chi connectivity index (χ1v) is 7.95. The van der Waals surface area contributed by atoms with Crippen LogP contribution in [0.25, 0.3) is 16.8 Å². The Morgan fingerprint density at radius 1 is 1.09 bits per heavy atom. The Bertz CT molecular complexity index is 1000. The van der Waals surface area contributed by atoms with Crippen LogP contribution in [0.4, 0.5) is 5.82 Å².